The van der Waals surface area contributed by atoms with Gasteiger partial charge in [0.05, 0.1) is 12.8 Å². The van der Waals surface area contributed by atoms with Gasteiger partial charge in [-0.3, -0.25) is 19.2 Å². The molecule has 2 aromatic rings. The first-order chi connectivity index (χ1) is 13.2. The highest BCUT2D eigenvalue weighted by Crippen LogP contribution is 2.19. The van der Waals surface area contributed by atoms with E-state index in [4.69, 9.17) is 9.47 Å². The van der Waals surface area contributed by atoms with E-state index in [2.05, 4.69) is 10.3 Å². The Morgan fingerprint density at radius 1 is 1.14 bits per heavy atom. The van der Waals surface area contributed by atoms with Gasteiger partial charge in [0, 0.05) is 16.8 Å². The summed E-state index contributed by atoms with van der Waals surface area (Å²) in [6, 6.07) is 6.46. The lowest BCUT2D eigenvalue weighted by molar-refractivity contribution is -0.141. The third kappa shape index (κ3) is 4.85. The van der Waals surface area contributed by atoms with Gasteiger partial charge in [-0.1, -0.05) is 6.07 Å². The monoisotopic (exact) mass is 386 g/mol. The largest absolute Gasteiger partial charge is 0.497 e. The van der Waals surface area contributed by atoms with Crippen LogP contribution in [0.4, 0.5) is 0 Å². The number of rotatable bonds is 8. The number of hydrogen-bond acceptors (Lipinski definition) is 6. The van der Waals surface area contributed by atoms with Gasteiger partial charge in [0.2, 0.25) is 5.78 Å². The van der Waals surface area contributed by atoms with Crippen LogP contribution in [-0.4, -0.2) is 48.7 Å². The molecular formula is C20H22N2O6. The fraction of sp³-hybridized carbons (Fsp3) is 0.300. The summed E-state index contributed by atoms with van der Waals surface area (Å²) in [5.74, 6) is -1.31. The van der Waals surface area contributed by atoms with E-state index in [1.807, 2.05) is 0 Å². The summed E-state index contributed by atoms with van der Waals surface area (Å²) in [7, 11) is 1.48. The van der Waals surface area contributed by atoms with Crippen LogP contribution in [0.1, 0.15) is 49.4 Å². The molecule has 0 aliphatic carbocycles. The summed E-state index contributed by atoms with van der Waals surface area (Å²) >= 11 is 0. The Bertz CT molecular complexity index is 929. The first-order valence-electron chi connectivity index (χ1n) is 8.55. The van der Waals surface area contributed by atoms with E-state index < -0.39 is 24.3 Å². The molecule has 0 unspecified atom stereocenters. The Hall–Kier alpha value is -3.42. The summed E-state index contributed by atoms with van der Waals surface area (Å²) in [4.78, 5) is 50.6. The van der Waals surface area contributed by atoms with Crippen LogP contribution < -0.4 is 10.1 Å². The molecule has 0 spiro atoms. The van der Waals surface area contributed by atoms with E-state index >= 15 is 0 Å². The van der Waals surface area contributed by atoms with Gasteiger partial charge in [0.25, 0.3) is 5.91 Å². The molecule has 8 heteroatoms. The van der Waals surface area contributed by atoms with Gasteiger partial charge in [-0.2, -0.15) is 0 Å². The topological polar surface area (TPSA) is 115 Å². The molecule has 0 radical (unpaired) electrons. The van der Waals surface area contributed by atoms with E-state index in [1.54, 1.807) is 32.0 Å². The van der Waals surface area contributed by atoms with E-state index in [-0.39, 0.29) is 18.0 Å². The van der Waals surface area contributed by atoms with Crippen molar-refractivity contribution in [2.45, 2.75) is 20.8 Å². The van der Waals surface area contributed by atoms with Gasteiger partial charge in [-0.05, 0) is 44.5 Å². The fourth-order valence-electron chi connectivity index (χ4n) is 2.84. The second-order valence-electron chi connectivity index (χ2n) is 6.18. The number of carbonyl (C=O) groups is 4. The van der Waals surface area contributed by atoms with Crippen LogP contribution in [0.2, 0.25) is 0 Å². The minimum Gasteiger partial charge on any atom is -0.497 e. The van der Waals surface area contributed by atoms with Gasteiger partial charge in [0.15, 0.2) is 12.4 Å². The second kappa shape index (κ2) is 8.98. The Labute approximate surface area is 162 Å². The average molecular weight is 386 g/mol. The summed E-state index contributed by atoms with van der Waals surface area (Å²) in [6.45, 7) is 3.89. The summed E-state index contributed by atoms with van der Waals surface area (Å²) in [5, 5.41) is 2.42. The van der Waals surface area contributed by atoms with Gasteiger partial charge < -0.3 is 19.8 Å². The zero-order valence-electron chi connectivity index (χ0n) is 16.2. The van der Waals surface area contributed by atoms with Crippen LogP contribution in [0.5, 0.6) is 5.75 Å². The van der Waals surface area contributed by atoms with Crippen molar-refractivity contribution in [3.05, 3.63) is 52.3 Å². The van der Waals surface area contributed by atoms with Crippen LogP contribution >= 0.6 is 0 Å². The predicted molar refractivity (Wildman–Crippen MR) is 101 cm³/mol. The molecule has 28 heavy (non-hydrogen) atoms. The summed E-state index contributed by atoms with van der Waals surface area (Å²) < 4.78 is 9.96. The molecule has 0 aliphatic heterocycles. The SMILES string of the molecule is COc1cccc(C(=O)NCC(=O)OCC(=O)c2[nH]c(C)c(C(C)=O)c2C)c1. The number of carbonyl (C=O) groups excluding carboxylic acids is 4. The normalized spacial score (nSPS) is 10.3. The minimum absolute atomic E-state index is 0.150. The average Bonchev–Trinajstić information content (AvgIpc) is 2.98. The Morgan fingerprint density at radius 3 is 2.46 bits per heavy atom. The molecule has 8 nitrogen and oxygen atoms in total. The van der Waals surface area contributed by atoms with Crippen molar-refractivity contribution >= 4 is 23.4 Å². The number of aromatic nitrogens is 1. The zero-order chi connectivity index (χ0) is 20.8. The predicted octanol–water partition coefficient (Wildman–Crippen LogP) is 2.00. The first kappa shape index (κ1) is 20.9. The third-order valence-electron chi connectivity index (χ3n) is 4.16. The number of hydrogen-bond donors (Lipinski definition) is 2. The highest BCUT2D eigenvalue weighted by molar-refractivity contribution is 6.04. The number of amides is 1. The smallest absolute Gasteiger partial charge is 0.325 e. The number of ether oxygens (including phenoxy) is 2. The molecule has 1 aromatic carbocycles. The second-order valence-corrected chi connectivity index (χ2v) is 6.18. The third-order valence-corrected chi connectivity index (χ3v) is 4.16. The van der Waals surface area contributed by atoms with Crippen molar-refractivity contribution < 1.29 is 28.7 Å². The van der Waals surface area contributed by atoms with Gasteiger partial charge in [-0.15, -0.1) is 0 Å². The van der Waals surface area contributed by atoms with Crippen molar-refractivity contribution in [1.82, 2.24) is 10.3 Å². The summed E-state index contributed by atoms with van der Waals surface area (Å²) in [5.41, 5.74) is 2.14. The maximum absolute atomic E-state index is 12.3. The lowest BCUT2D eigenvalue weighted by Crippen LogP contribution is -2.31. The number of H-pyrrole nitrogens is 1. The van der Waals surface area contributed by atoms with E-state index in [9.17, 15) is 19.2 Å². The van der Waals surface area contributed by atoms with Gasteiger partial charge in [-0.25, -0.2) is 0 Å². The molecule has 2 N–H and O–H groups in total. The Morgan fingerprint density at radius 2 is 1.86 bits per heavy atom. The molecule has 0 aliphatic rings. The summed E-state index contributed by atoms with van der Waals surface area (Å²) in [6.07, 6.45) is 0. The van der Waals surface area contributed by atoms with Crippen LogP contribution in [-0.2, 0) is 9.53 Å². The molecule has 1 aromatic heterocycles. The van der Waals surface area contributed by atoms with Crippen LogP contribution in [0.3, 0.4) is 0 Å². The molecule has 148 valence electrons. The molecule has 0 bridgehead atoms. The lowest BCUT2D eigenvalue weighted by atomic mass is 10.1. The van der Waals surface area contributed by atoms with Crippen LogP contribution in [0, 0.1) is 13.8 Å². The maximum Gasteiger partial charge on any atom is 0.325 e. The van der Waals surface area contributed by atoms with E-state index in [0.717, 1.165) is 0 Å². The maximum atomic E-state index is 12.3. The number of ketones is 2. The number of aromatic amines is 1. The van der Waals surface area contributed by atoms with Crippen LogP contribution in [0.25, 0.3) is 0 Å². The number of nitrogens with one attached hydrogen (secondary N) is 2. The Balaban J connectivity index is 1.88. The molecule has 2 rings (SSSR count). The standard InChI is InChI=1S/C20H22N2O6/c1-11-18(13(3)23)12(2)22-19(11)16(24)10-28-17(25)9-21-20(26)14-6-5-7-15(8-14)27-4/h5-8,22H,9-10H2,1-4H3,(H,21,26). The van der Waals surface area contributed by atoms with E-state index in [1.165, 1.54) is 20.1 Å². The first-order valence-corrected chi connectivity index (χ1v) is 8.55. The lowest BCUT2D eigenvalue weighted by Gasteiger charge is -2.07. The number of benzene rings is 1. The fourth-order valence-corrected chi connectivity index (χ4v) is 2.84. The minimum atomic E-state index is -0.752. The molecular weight excluding hydrogens is 364 g/mol. The molecule has 1 amide bonds. The number of methoxy groups -OCH3 is 1. The van der Waals surface area contributed by atoms with Gasteiger partial charge in [0.1, 0.15) is 12.3 Å². The van der Waals surface area contributed by atoms with Crippen molar-refractivity contribution in [3.63, 3.8) is 0 Å². The molecule has 1 heterocycles. The van der Waals surface area contributed by atoms with Crippen molar-refractivity contribution in [3.8, 4) is 5.75 Å². The molecule has 0 saturated heterocycles. The highest BCUT2D eigenvalue weighted by Gasteiger charge is 2.21. The van der Waals surface area contributed by atoms with Crippen molar-refractivity contribution in [2.75, 3.05) is 20.3 Å². The van der Waals surface area contributed by atoms with Crippen molar-refractivity contribution in [1.29, 1.82) is 0 Å². The zero-order valence-corrected chi connectivity index (χ0v) is 16.2. The van der Waals surface area contributed by atoms with Gasteiger partial charge >= 0.3 is 5.97 Å². The Kier molecular flexibility index (Phi) is 6.70. The highest BCUT2D eigenvalue weighted by atomic mass is 16.5. The molecule has 0 atom stereocenters. The molecule has 0 saturated carbocycles. The number of esters is 1. The van der Waals surface area contributed by atoms with E-state index in [0.29, 0.717) is 28.1 Å². The quantitative estimate of drug-likeness (QED) is 0.530. The number of Topliss-reactive ketones (excluding diaryl/α,β-unsaturated/α-hetero) is 2. The number of aryl methyl sites for hydroxylation is 1. The molecule has 0 fully saturated rings. The van der Waals surface area contributed by atoms with Crippen molar-refractivity contribution in [2.24, 2.45) is 0 Å². The van der Waals surface area contributed by atoms with Crippen LogP contribution in [0.15, 0.2) is 24.3 Å².